The van der Waals surface area contributed by atoms with E-state index in [1.54, 1.807) is 0 Å². The van der Waals surface area contributed by atoms with Gasteiger partial charge in [0, 0.05) is 12.6 Å². The summed E-state index contributed by atoms with van der Waals surface area (Å²) < 4.78 is 30.9. The van der Waals surface area contributed by atoms with E-state index in [0.29, 0.717) is 13.0 Å². The lowest BCUT2D eigenvalue weighted by molar-refractivity contribution is -0.141. The number of nitrogens with zero attached hydrogens (tertiary/aromatic N) is 2. The molecule has 106 valence electrons. The number of hydrogen-bond acceptors (Lipinski definition) is 5. The monoisotopic (exact) mass is 287 g/mol. The number of piperidine rings is 1. The quantitative estimate of drug-likeness (QED) is 0.815. The van der Waals surface area contributed by atoms with Gasteiger partial charge in [0.1, 0.15) is 0 Å². The zero-order valence-electron chi connectivity index (χ0n) is 10.7. The summed E-state index contributed by atoms with van der Waals surface area (Å²) in [6.07, 6.45) is 3.86. The molecule has 1 unspecified atom stereocenters. The van der Waals surface area contributed by atoms with Gasteiger partial charge >= 0.3 is 5.97 Å². The number of esters is 1. The van der Waals surface area contributed by atoms with E-state index in [1.165, 1.54) is 23.7 Å². The minimum absolute atomic E-state index is 0.0595. The van der Waals surface area contributed by atoms with E-state index in [0.717, 1.165) is 12.8 Å². The smallest absolute Gasteiger partial charge is 0.307 e. The van der Waals surface area contributed by atoms with Crippen LogP contribution in [0.25, 0.3) is 0 Å². The normalized spacial score (nSPS) is 21.2. The summed E-state index contributed by atoms with van der Waals surface area (Å²) in [6.45, 7) is 0.420. The maximum Gasteiger partial charge on any atom is 0.307 e. The minimum atomic E-state index is -3.61. The molecule has 19 heavy (non-hydrogen) atoms. The molecule has 0 saturated carbocycles. The first-order chi connectivity index (χ1) is 9.05. The van der Waals surface area contributed by atoms with Gasteiger partial charge in [-0.25, -0.2) is 8.42 Å². The zero-order chi connectivity index (χ0) is 13.9. The topological polar surface area (TPSA) is 92.4 Å². The molecule has 0 aliphatic carbocycles. The first-order valence-corrected chi connectivity index (χ1v) is 7.57. The van der Waals surface area contributed by atoms with Crippen LogP contribution in [0.4, 0.5) is 0 Å². The maximum absolute atomic E-state index is 12.4. The van der Waals surface area contributed by atoms with Crippen LogP contribution in [0.15, 0.2) is 17.3 Å². The molecule has 2 rings (SSSR count). The summed E-state index contributed by atoms with van der Waals surface area (Å²) in [4.78, 5) is 11.4. The third-order valence-corrected chi connectivity index (χ3v) is 5.15. The molecule has 8 heteroatoms. The molecule has 1 atom stereocenters. The van der Waals surface area contributed by atoms with Crippen molar-refractivity contribution in [2.24, 2.45) is 0 Å². The summed E-state index contributed by atoms with van der Waals surface area (Å²) in [5, 5.41) is 6.19. The van der Waals surface area contributed by atoms with Crippen LogP contribution in [0.1, 0.15) is 25.7 Å². The molecule has 1 fully saturated rings. The van der Waals surface area contributed by atoms with Gasteiger partial charge in [0.15, 0.2) is 5.03 Å². The number of rotatable bonds is 4. The molecule has 7 nitrogen and oxygen atoms in total. The number of aromatic amines is 1. The van der Waals surface area contributed by atoms with E-state index < -0.39 is 16.0 Å². The number of H-pyrrole nitrogens is 1. The molecule has 1 saturated heterocycles. The lowest BCUT2D eigenvalue weighted by atomic mass is 10.0. The number of hydrogen-bond donors (Lipinski definition) is 1. The predicted molar refractivity (Wildman–Crippen MR) is 66.8 cm³/mol. The highest BCUT2D eigenvalue weighted by Crippen LogP contribution is 2.26. The van der Waals surface area contributed by atoms with E-state index in [2.05, 4.69) is 14.9 Å². The third kappa shape index (κ3) is 2.95. The lowest BCUT2D eigenvalue weighted by Crippen LogP contribution is -2.44. The number of carbonyl (C=O) groups excluding carboxylic acids is 1. The summed E-state index contributed by atoms with van der Waals surface area (Å²) in [6, 6.07) is 1.08. The first kappa shape index (κ1) is 14.0. The van der Waals surface area contributed by atoms with Crippen molar-refractivity contribution < 1.29 is 17.9 Å². The second-order valence-corrected chi connectivity index (χ2v) is 6.33. The molecule has 1 aromatic heterocycles. The van der Waals surface area contributed by atoms with Gasteiger partial charge in [0.2, 0.25) is 0 Å². The van der Waals surface area contributed by atoms with Crippen molar-refractivity contribution in [3.8, 4) is 0 Å². The van der Waals surface area contributed by atoms with E-state index in [4.69, 9.17) is 0 Å². The largest absolute Gasteiger partial charge is 0.469 e. The van der Waals surface area contributed by atoms with Crippen molar-refractivity contribution in [1.29, 1.82) is 0 Å². The SMILES string of the molecule is COC(=O)CC1CCCCN1S(=O)(=O)c1ccn[nH]1. The van der Waals surface area contributed by atoms with Crippen molar-refractivity contribution in [3.63, 3.8) is 0 Å². The maximum atomic E-state index is 12.4. The predicted octanol–water partition coefficient (Wildman–Crippen LogP) is 0.516. The molecule has 0 amide bonds. The Hall–Kier alpha value is -1.41. The fourth-order valence-electron chi connectivity index (χ4n) is 2.28. The number of carbonyl (C=O) groups is 1. The van der Waals surface area contributed by atoms with Gasteiger partial charge in [-0.1, -0.05) is 6.42 Å². The van der Waals surface area contributed by atoms with Gasteiger partial charge in [-0.15, -0.1) is 0 Å². The highest BCUT2D eigenvalue weighted by molar-refractivity contribution is 7.89. The van der Waals surface area contributed by atoms with Crippen LogP contribution < -0.4 is 0 Å². The summed E-state index contributed by atoms with van der Waals surface area (Å²) >= 11 is 0. The lowest BCUT2D eigenvalue weighted by Gasteiger charge is -2.33. The number of ether oxygens (including phenoxy) is 1. The fraction of sp³-hybridized carbons (Fsp3) is 0.636. The van der Waals surface area contributed by atoms with Gasteiger partial charge in [0.25, 0.3) is 10.0 Å². The van der Waals surface area contributed by atoms with Crippen molar-refractivity contribution in [1.82, 2.24) is 14.5 Å². The van der Waals surface area contributed by atoms with Crippen molar-refractivity contribution in [2.75, 3.05) is 13.7 Å². The van der Waals surface area contributed by atoms with Crippen LogP contribution in [0.2, 0.25) is 0 Å². The second kappa shape index (κ2) is 5.70. The van der Waals surface area contributed by atoms with Crippen LogP contribution >= 0.6 is 0 Å². The average Bonchev–Trinajstić information content (AvgIpc) is 2.93. The van der Waals surface area contributed by atoms with E-state index in [1.807, 2.05) is 0 Å². The van der Waals surface area contributed by atoms with Gasteiger partial charge in [-0.05, 0) is 18.9 Å². The van der Waals surface area contributed by atoms with E-state index in [9.17, 15) is 13.2 Å². The Labute approximate surface area is 112 Å². The summed E-state index contributed by atoms with van der Waals surface area (Å²) in [5.74, 6) is -0.392. The number of sulfonamides is 1. The third-order valence-electron chi connectivity index (χ3n) is 3.26. The molecule has 0 radical (unpaired) electrons. The highest BCUT2D eigenvalue weighted by Gasteiger charge is 2.35. The molecular weight excluding hydrogens is 270 g/mol. The van der Waals surface area contributed by atoms with Gasteiger partial charge in [-0.3, -0.25) is 9.89 Å². The van der Waals surface area contributed by atoms with Crippen LogP contribution in [-0.2, 0) is 19.6 Å². The molecular formula is C11H17N3O4S. The fourth-order valence-corrected chi connectivity index (χ4v) is 3.88. The molecule has 2 heterocycles. The Balaban J connectivity index is 2.22. The molecule has 0 aromatic carbocycles. The van der Waals surface area contributed by atoms with Gasteiger partial charge < -0.3 is 4.74 Å². The van der Waals surface area contributed by atoms with Crippen molar-refractivity contribution >= 4 is 16.0 Å². The highest BCUT2D eigenvalue weighted by atomic mass is 32.2. The van der Waals surface area contributed by atoms with Gasteiger partial charge in [-0.2, -0.15) is 9.40 Å². The van der Waals surface area contributed by atoms with E-state index >= 15 is 0 Å². The Kier molecular flexibility index (Phi) is 4.20. The summed E-state index contributed by atoms with van der Waals surface area (Å²) in [7, 11) is -2.31. The van der Waals surface area contributed by atoms with Crippen molar-refractivity contribution in [3.05, 3.63) is 12.3 Å². The second-order valence-electron chi connectivity index (χ2n) is 4.47. The molecule has 0 spiro atoms. The molecule has 0 bridgehead atoms. The number of aromatic nitrogens is 2. The van der Waals surface area contributed by atoms with Crippen LogP contribution in [0.5, 0.6) is 0 Å². The molecule has 1 aromatic rings. The van der Waals surface area contributed by atoms with Crippen LogP contribution in [0.3, 0.4) is 0 Å². The molecule has 1 aliphatic heterocycles. The van der Waals surface area contributed by atoms with Crippen molar-refractivity contribution in [2.45, 2.75) is 36.8 Å². The van der Waals surface area contributed by atoms with Crippen LogP contribution in [0, 0.1) is 0 Å². The minimum Gasteiger partial charge on any atom is -0.469 e. The number of methoxy groups -OCH3 is 1. The molecule has 1 N–H and O–H groups in total. The van der Waals surface area contributed by atoms with Gasteiger partial charge in [0.05, 0.1) is 19.7 Å². The number of nitrogens with one attached hydrogen (secondary N) is 1. The molecule has 1 aliphatic rings. The Morgan fingerprint density at radius 2 is 2.37 bits per heavy atom. The Morgan fingerprint density at radius 3 is 3.00 bits per heavy atom. The van der Waals surface area contributed by atoms with E-state index in [-0.39, 0.29) is 17.5 Å². The summed E-state index contributed by atoms with van der Waals surface area (Å²) in [5.41, 5.74) is 0. The van der Waals surface area contributed by atoms with Crippen LogP contribution in [-0.4, -0.2) is 48.6 Å². The zero-order valence-corrected chi connectivity index (χ0v) is 11.5. The average molecular weight is 287 g/mol. The first-order valence-electron chi connectivity index (χ1n) is 6.13. The Bertz CT molecular complexity index is 526. The Morgan fingerprint density at radius 1 is 1.58 bits per heavy atom. The standard InChI is InChI=1S/C11H17N3O4S/c1-18-11(15)8-9-4-2-3-7-14(9)19(16,17)10-5-6-12-13-10/h5-6,9H,2-4,7-8H2,1H3,(H,12,13).